The molecular weight excluding hydrogens is 262 g/mol. The van der Waals surface area contributed by atoms with Crippen molar-refractivity contribution in [3.8, 4) is 5.75 Å². The molecule has 0 aromatic carbocycles. The lowest BCUT2D eigenvalue weighted by Crippen LogP contribution is -2.16. The Hall–Kier alpha value is -1.94. The minimum absolute atomic E-state index is 0.614. The number of rotatable bonds is 8. The molecule has 2 heterocycles. The summed E-state index contributed by atoms with van der Waals surface area (Å²) in [5, 5.41) is 3.37. The van der Waals surface area contributed by atoms with Crippen LogP contribution in [0.4, 0.5) is 0 Å². The zero-order valence-corrected chi connectivity index (χ0v) is 12.8. The van der Waals surface area contributed by atoms with Crippen LogP contribution in [0.25, 0.3) is 0 Å². The van der Waals surface area contributed by atoms with E-state index in [1.807, 2.05) is 43.5 Å². The van der Waals surface area contributed by atoms with E-state index in [9.17, 15) is 0 Å². The summed E-state index contributed by atoms with van der Waals surface area (Å²) in [5.41, 5.74) is 3.04. The van der Waals surface area contributed by atoms with E-state index in [-0.39, 0.29) is 0 Å². The minimum atomic E-state index is 0.614. The van der Waals surface area contributed by atoms with E-state index < -0.39 is 0 Å². The Morgan fingerprint density at radius 2 is 2.10 bits per heavy atom. The number of nitrogens with one attached hydrogen (secondary N) is 1. The molecule has 0 fully saturated rings. The highest BCUT2D eigenvalue weighted by molar-refractivity contribution is 5.29. The maximum Gasteiger partial charge on any atom is 0.142 e. The molecule has 21 heavy (non-hydrogen) atoms. The fourth-order valence-electron chi connectivity index (χ4n) is 2.05. The molecule has 1 N–H and O–H groups in total. The Kier molecular flexibility index (Phi) is 6.16. The maximum absolute atomic E-state index is 5.88. The molecule has 0 saturated heterocycles. The zero-order valence-electron chi connectivity index (χ0n) is 12.8. The van der Waals surface area contributed by atoms with E-state index in [0.717, 1.165) is 48.8 Å². The standard InChI is InChI=1S/C17H23N3O/c1-3-10-18-13-16-17(8-7-14(2)20-16)21-12-9-15-6-4-5-11-19-15/h4-8,11,18H,3,9-10,12-13H2,1-2H3. The topological polar surface area (TPSA) is 47.0 Å². The lowest BCUT2D eigenvalue weighted by Gasteiger charge is -2.12. The SMILES string of the molecule is CCCNCc1nc(C)ccc1OCCc1ccccn1. The largest absolute Gasteiger partial charge is 0.491 e. The predicted molar refractivity (Wildman–Crippen MR) is 84.4 cm³/mol. The van der Waals surface area contributed by atoms with Crippen molar-refractivity contribution in [2.24, 2.45) is 0 Å². The number of ether oxygens (including phenoxy) is 1. The lowest BCUT2D eigenvalue weighted by molar-refractivity contribution is 0.314. The average molecular weight is 285 g/mol. The molecule has 0 saturated carbocycles. The minimum Gasteiger partial charge on any atom is -0.491 e. The summed E-state index contributed by atoms with van der Waals surface area (Å²) in [5.74, 6) is 0.861. The van der Waals surface area contributed by atoms with Crippen molar-refractivity contribution in [2.45, 2.75) is 33.2 Å². The van der Waals surface area contributed by atoms with Crippen LogP contribution in [-0.2, 0) is 13.0 Å². The Morgan fingerprint density at radius 1 is 1.19 bits per heavy atom. The van der Waals surface area contributed by atoms with Crippen LogP contribution in [0.3, 0.4) is 0 Å². The summed E-state index contributed by atoms with van der Waals surface area (Å²) in [4.78, 5) is 8.87. The van der Waals surface area contributed by atoms with Gasteiger partial charge < -0.3 is 10.1 Å². The number of pyridine rings is 2. The van der Waals surface area contributed by atoms with Crippen LogP contribution >= 0.6 is 0 Å². The van der Waals surface area contributed by atoms with E-state index in [4.69, 9.17) is 4.74 Å². The molecule has 112 valence electrons. The van der Waals surface area contributed by atoms with Crippen molar-refractivity contribution in [1.82, 2.24) is 15.3 Å². The van der Waals surface area contributed by atoms with Gasteiger partial charge in [0.05, 0.1) is 12.3 Å². The van der Waals surface area contributed by atoms with Crippen molar-refractivity contribution in [3.63, 3.8) is 0 Å². The summed E-state index contributed by atoms with van der Waals surface area (Å²) in [6.07, 6.45) is 3.72. The quantitative estimate of drug-likeness (QED) is 0.758. The highest BCUT2D eigenvalue weighted by Gasteiger charge is 2.06. The van der Waals surface area contributed by atoms with E-state index in [1.165, 1.54) is 0 Å². The van der Waals surface area contributed by atoms with Crippen LogP contribution in [0.1, 0.15) is 30.4 Å². The van der Waals surface area contributed by atoms with Gasteiger partial charge in [0.2, 0.25) is 0 Å². The first-order valence-corrected chi connectivity index (χ1v) is 7.49. The third kappa shape index (κ3) is 5.16. The van der Waals surface area contributed by atoms with Crippen LogP contribution in [0, 0.1) is 6.92 Å². The van der Waals surface area contributed by atoms with Gasteiger partial charge in [0.1, 0.15) is 5.75 Å². The van der Waals surface area contributed by atoms with Gasteiger partial charge in [-0.2, -0.15) is 0 Å². The second-order valence-electron chi connectivity index (χ2n) is 4.99. The molecule has 2 aromatic heterocycles. The van der Waals surface area contributed by atoms with E-state index in [2.05, 4.69) is 22.2 Å². The molecule has 0 radical (unpaired) electrons. The van der Waals surface area contributed by atoms with Gasteiger partial charge in [0, 0.05) is 30.6 Å². The summed E-state index contributed by atoms with van der Waals surface area (Å²) in [7, 11) is 0. The summed E-state index contributed by atoms with van der Waals surface area (Å²) in [6.45, 7) is 6.50. The first-order chi connectivity index (χ1) is 10.3. The third-order valence-corrected chi connectivity index (χ3v) is 3.13. The molecule has 4 nitrogen and oxygen atoms in total. The van der Waals surface area contributed by atoms with Crippen molar-refractivity contribution in [3.05, 3.63) is 53.6 Å². The first kappa shape index (κ1) is 15.4. The third-order valence-electron chi connectivity index (χ3n) is 3.13. The maximum atomic E-state index is 5.88. The summed E-state index contributed by atoms with van der Waals surface area (Å²) < 4.78 is 5.88. The van der Waals surface area contributed by atoms with Crippen LogP contribution < -0.4 is 10.1 Å². The second-order valence-corrected chi connectivity index (χ2v) is 4.99. The molecule has 2 aromatic rings. The monoisotopic (exact) mass is 285 g/mol. The smallest absolute Gasteiger partial charge is 0.142 e. The number of hydrogen-bond acceptors (Lipinski definition) is 4. The number of aryl methyl sites for hydroxylation is 1. The molecule has 0 spiro atoms. The number of nitrogens with zero attached hydrogens (tertiary/aromatic N) is 2. The van der Waals surface area contributed by atoms with Gasteiger partial charge in [-0.15, -0.1) is 0 Å². The average Bonchev–Trinajstić information content (AvgIpc) is 2.51. The highest BCUT2D eigenvalue weighted by atomic mass is 16.5. The van der Waals surface area contributed by atoms with Crippen LogP contribution in [0.15, 0.2) is 36.5 Å². The van der Waals surface area contributed by atoms with Crippen molar-refractivity contribution < 1.29 is 4.74 Å². The Labute approximate surface area is 126 Å². The number of hydrogen-bond donors (Lipinski definition) is 1. The van der Waals surface area contributed by atoms with E-state index in [1.54, 1.807) is 0 Å². The fourth-order valence-corrected chi connectivity index (χ4v) is 2.05. The van der Waals surface area contributed by atoms with Crippen LogP contribution in [0.5, 0.6) is 5.75 Å². The van der Waals surface area contributed by atoms with Gasteiger partial charge in [-0.3, -0.25) is 9.97 Å². The first-order valence-electron chi connectivity index (χ1n) is 7.49. The van der Waals surface area contributed by atoms with Crippen LogP contribution in [0.2, 0.25) is 0 Å². The molecule has 0 aliphatic carbocycles. The van der Waals surface area contributed by atoms with Crippen molar-refractivity contribution >= 4 is 0 Å². The molecule has 0 unspecified atom stereocenters. The molecule has 4 heteroatoms. The second kappa shape index (κ2) is 8.37. The Morgan fingerprint density at radius 3 is 2.86 bits per heavy atom. The molecule has 0 aliphatic rings. The van der Waals surface area contributed by atoms with Gasteiger partial charge >= 0.3 is 0 Å². The van der Waals surface area contributed by atoms with E-state index >= 15 is 0 Å². The van der Waals surface area contributed by atoms with Gasteiger partial charge in [0.25, 0.3) is 0 Å². The van der Waals surface area contributed by atoms with Crippen molar-refractivity contribution in [2.75, 3.05) is 13.2 Å². The molecule has 0 atom stereocenters. The predicted octanol–water partition coefficient (Wildman–Crippen LogP) is 2.91. The molecule has 0 aliphatic heterocycles. The summed E-state index contributed by atoms with van der Waals surface area (Å²) in [6, 6.07) is 9.92. The highest BCUT2D eigenvalue weighted by Crippen LogP contribution is 2.17. The van der Waals surface area contributed by atoms with Gasteiger partial charge in [-0.25, -0.2) is 0 Å². The lowest BCUT2D eigenvalue weighted by atomic mass is 10.2. The normalized spacial score (nSPS) is 10.6. The molecule has 0 amide bonds. The van der Waals surface area contributed by atoms with Gasteiger partial charge in [0.15, 0.2) is 0 Å². The summed E-state index contributed by atoms with van der Waals surface area (Å²) >= 11 is 0. The zero-order chi connectivity index (χ0) is 14.9. The van der Waals surface area contributed by atoms with Crippen molar-refractivity contribution in [1.29, 1.82) is 0 Å². The fraction of sp³-hybridized carbons (Fsp3) is 0.412. The van der Waals surface area contributed by atoms with Crippen LogP contribution in [-0.4, -0.2) is 23.1 Å². The van der Waals surface area contributed by atoms with Gasteiger partial charge in [-0.05, 0) is 44.2 Å². The Bertz CT molecular complexity index is 543. The van der Waals surface area contributed by atoms with E-state index in [0.29, 0.717) is 6.61 Å². The molecule has 2 rings (SSSR count). The molecule has 0 bridgehead atoms. The van der Waals surface area contributed by atoms with Gasteiger partial charge in [-0.1, -0.05) is 13.0 Å². The number of aromatic nitrogens is 2. The molecular formula is C17H23N3O. The Balaban J connectivity index is 1.92.